The van der Waals surface area contributed by atoms with Gasteiger partial charge in [0.25, 0.3) is 0 Å². The maximum Gasteiger partial charge on any atom is 0.312 e. The largest absolute Gasteiger partial charge is 0.497 e. The number of aliphatic hydroxyl groups is 1. The molecular weight excluding hydrogens is 560 g/mol. The molecular formula is C31H29F2N5O5. The summed E-state index contributed by atoms with van der Waals surface area (Å²) in [5.74, 6) is 1.12. The third-order valence-corrected chi connectivity index (χ3v) is 7.63. The number of hydrogen-bond donors (Lipinski definition) is 2. The molecule has 3 aromatic carbocycles. The van der Waals surface area contributed by atoms with Crippen LogP contribution in [0.4, 0.5) is 14.6 Å². The molecule has 3 N–H and O–H groups in total. The van der Waals surface area contributed by atoms with Crippen LogP contribution in [-0.2, 0) is 15.1 Å². The number of aliphatic hydroxyl groups excluding tert-OH is 1. The minimum absolute atomic E-state index is 0.0542. The van der Waals surface area contributed by atoms with Gasteiger partial charge in [-0.2, -0.15) is 14.4 Å². The van der Waals surface area contributed by atoms with Crippen molar-refractivity contribution in [2.75, 3.05) is 26.6 Å². The predicted molar refractivity (Wildman–Crippen MR) is 153 cm³/mol. The molecule has 222 valence electrons. The lowest BCUT2D eigenvalue weighted by Crippen LogP contribution is -2.39. The second kappa shape index (κ2) is 11.6. The molecule has 0 aliphatic carbocycles. The van der Waals surface area contributed by atoms with Gasteiger partial charge in [-0.15, -0.1) is 0 Å². The number of ether oxygens (including phenoxy) is 4. The van der Waals surface area contributed by atoms with Crippen LogP contribution in [0.25, 0.3) is 11.2 Å². The minimum atomic E-state index is -1.90. The molecule has 1 aliphatic rings. The Bertz CT molecular complexity index is 1650. The smallest absolute Gasteiger partial charge is 0.312 e. The molecule has 10 nitrogen and oxygen atoms in total. The van der Waals surface area contributed by atoms with Crippen LogP contribution in [0.15, 0.2) is 85.2 Å². The monoisotopic (exact) mass is 589 g/mol. The number of fused-ring (bicyclic) bond motifs is 1. The van der Waals surface area contributed by atoms with Crippen molar-refractivity contribution in [2.45, 2.75) is 30.2 Å². The molecule has 43 heavy (non-hydrogen) atoms. The Hall–Kier alpha value is -4.65. The predicted octanol–water partition coefficient (Wildman–Crippen LogP) is 4.17. The Balaban J connectivity index is 1.39. The number of rotatable bonds is 9. The first-order valence-electron chi connectivity index (χ1n) is 13.5. The number of aromatic nitrogens is 4. The lowest BCUT2D eigenvalue weighted by atomic mass is 9.80. The number of halogens is 2. The molecule has 3 heterocycles. The first kappa shape index (κ1) is 28.5. The summed E-state index contributed by atoms with van der Waals surface area (Å²) in [4.78, 5) is 11.3. The van der Waals surface area contributed by atoms with E-state index in [4.69, 9.17) is 24.7 Å². The highest BCUT2D eigenvalue weighted by Gasteiger charge is 2.48. The first-order valence-corrected chi connectivity index (χ1v) is 13.5. The van der Waals surface area contributed by atoms with Gasteiger partial charge in [0.05, 0.1) is 27.2 Å². The summed E-state index contributed by atoms with van der Waals surface area (Å²) in [6.45, 7) is -0.219. The molecule has 12 heteroatoms. The van der Waals surface area contributed by atoms with E-state index >= 15 is 4.39 Å². The molecule has 2 aromatic heterocycles. The summed E-state index contributed by atoms with van der Waals surface area (Å²) in [5, 5.41) is 11.0. The topological polar surface area (TPSA) is 127 Å². The van der Waals surface area contributed by atoms with Crippen molar-refractivity contribution in [1.29, 1.82) is 0 Å². The van der Waals surface area contributed by atoms with E-state index in [0.29, 0.717) is 11.5 Å². The zero-order valence-corrected chi connectivity index (χ0v) is 23.3. The fourth-order valence-electron chi connectivity index (χ4n) is 5.44. The van der Waals surface area contributed by atoms with Crippen molar-refractivity contribution in [1.82, 2.24) is 19.5 Å². The SMILES string of the molecule is COc1ccc(C(OC[C@H]2O[C@@H](n3cnc4c(N)nc(F)nc43)C(F)C2O)(c2ccccc2)c2ccc(OC)cc2)cc1. The van der Waals surface area contributed by atoms with E-state index < -0.39 is 36.3 Å². The van der Waals surface area contributed by atoms with Crippen molar-refractivity contribution in [3.63, 3.8) is 0 Å². The van der Waals surface area contributed by atoms with Crippen molar-refractivity contribution < 1.29 is 32.8 Å². The summed E-state index contributed by atoms with van der Waals surface area (Å²) in [6.07, 6.45) is -5.82. The van der Waals surface area contributed by atoms with Gasteiger partial charge < -0.3 is 29.8 Å². The van der Waals surface area contributed by atoms with Crippen LogP contribution in [0, 0.1) is 6.08 Å². The third-order valence-electron chi connectivity index (χ3n) is 7.63. The zero-order chi connectivity index (χ0) is 30.1. The van der Waals surface area contributed by atoms with Gasteiger partial charge in [-0.3, -0.25) is 4.57 Å². The van der Waals surface area contributed by atoms with E-state index in [1.807, 2.05) is 78.9 Å². The van der Waals surface area contributed by atoms with E-state index in [0.717, 1.165) is 16.7 Å². The van der Waals surface area contributed by atoms with Crippen LogP contribution in [0.5, 0.6) is 11.5 Å². The molecule has 4 atom stereocenters. The van der Waals surface area contributed by atoms with Gasteiger partial charge >= 0.3 is 6.08 Å². The van der Waals surface area contributed by atoms with Gasteiger partial charge in [0, 0.05) is 0 Å². The van der Waals surface area contributed by atoms with Gasteiger partial charge in [0.1, 0.15) is 29.3 Å². The van der Waals surface area contributed by atoms with E-state index in [1.54, 1.807) is 14.2 Å². The molecule has 6 rings (SSSR count). The van der Waals surface area contributed by atoms with Crippen LogP contribution in [0.1, 0.15) is 22.9 Å². The van der Waals surface area contributed by atoms with Crippen molar-refractivity contribution in [3.8, 4) is 11.5 Å². The second-order valence-electron chi connectivity index (χ2n) is 10.0. The van der Waals surface area contributed by atoms with Gasteiger partial charge in [-0.1, -0.05) is 54.6 Å². The lowest BCUT2D eigenvalue weighted by molar-refractivity contribution is -0.0935. The normalized spacial score (nSPS) is 20.4. The second-order valence-corrected chi connectivity index (χ2v) is 10.0. The average Bonchev–Trinajstić information content (AvgIpc) is 3.58. The number of methoxy groups -OCH3 is 2. The molecule has 1 saturated heterocycles. The number of anilines is 1. The van der Waals surface area contributed by atoms with E-state index in [-0.39, 0.29) is 23.6 Å². The number of nitrogens with two attached hydrogens (primary N) is 1. The standard InChI is InChI=1S/C31H29F2N5O5/c1-40-21-12-8-19(9-13-21)31(18-6-4-3-5-7-18,20-10-14-22(41-2)15-11-20)42-16-23-26(39)24(32)29(43-23)38-17-35-25-27(34)36-30(33)37-28(25)38/h3-15,17,23-24,26,29,39H,16H2,1-2H3,(H2,34,36,37)/t23-,24?,26?,29-/m1/s1. The first-order chi connectivity index (χ1) is 20.8. The molecule has 1 fully saturated rings. The number of benzene rings is 3. The van der Waals surface area contributed by atoms with E-state index in [2.05, 4.69) is 15.0 Å². The number of nitrogen functional groups attached to an aromatic ring is 1. The highest BCUT2D eigenvalue weighted by Crippen LogP contribution is 2.43. The van der Waals surface area contributed by atoms with Crippen LogP contribution in [0.2, 0.25) is 0 Å². The Morgan fingerprint density at radius 2 is 1.49 bits per heavy atom. The zero-order valence-electron chi connectivity index (χ0n) is 23.3. The summed E-state index contributed by atoms with van der Waals surface area (Å²) < 4.78 is 54.3. The third kappa shape index (κ3) is 5.03. The summed E-state index contributed by atoms with van der Waals surface area (Å²) in [6, 6.07) is 24.4. The van der Waals surface area contributed by atoms with E-state index in [1.165, 1.54) is 10.9 Å². The molecule has 5 aromatic rings. The molecule has 0 bridgehead atoms. The molecule has 1 aliphatic heterocycles. The van der Waals surface area contributed by atoms with Crippen LogP contribution in [0.3, 0.4) is 0 Å². The van der Waals surface area contributed by atoms with Gasteiger partial charge in [-0.05, 0) is 41.0 Å². The van der Waals surface area contributed by atoms with Crippen LogP contribution >= 0.6 is 0 Å². The minimum Gasteiger partial charge on any atom is -0.497 e. The molecule has 0 amide bonds. The summed E-state index contributed by atoms with van der Waals surface area (Å²) in [5.41, 5.74) is 6.90. The lowest BCUT2D eigenvalue weighted by Gasteiger charge is -2.37. The highest BCUT2D eigenvalue weighted by molar-refractivity contribution is 5.81. The summed E-state index contributed by atoms with van der Waals surface area (Å²) in [7, 11) is 3.17. The highest BCUT2D eigenvalue weighted by atomic mass is 19.1. The number of hydrogen-bond acceptors (Lipinski definition) is 9. The van der Waals surface area contributed by atoms with Crippen LogP contribution in [-0.4, -0.2) is 63.8 Å². The quantitative estimate of drug-likeness (QED) is 0.192. The van der Waals surface area contributed by atoms with Crippen LogP contribution < -0.4 is 15.2 Å². The maximum atomic E-state index is 15.6. The maximum absolute atomic E-state index is 15.6. The molecule has 0 spiro atoms. The van der Waals surface area contributed by atoms with Gasteiger partial charge in [0.2, 0.25) is 0 Å². The van der Waals surface area contributed by atoms with Crippen molar-refractivity contribution in [3.05, 3.63) is 108 Å². The van der Waals surface area contributed by atoms with Gasteiger partial charge in [0.15, 0.2) is 29.4 Å². The average molecular weight is 590 g/mol. The van der Waals surface area contributed by atoms with Gasteiger partial charge in [-0.25, -0.2) is 9.37 Å². The molecule has 2 unspecified atom stereocenters. The number of alkyl halides is 1. The Morgan fingerprint density at radius 3 is 2.07 bits per heavy atom. The number of nitrogens with zero attached hydrogens (tertiary/aromatic N) is 4. The van der Waals surface area contributed by atoms with Crippen molar-refractivity contribution >= 4 is 17.0 Å². The van der Waals surface area contributed by atoms with Crippen molar-refractivity contribution in [2.24, 2.45) is 0 Å². The molecule has 0 radical (unpaired) electrons. The Kier molecular flexibility index (Phi) is 7.65. The Labute approximate surface area is 245 Å². The Morgan fingerprint density at radius 1 is 0.907 bits per heavy atom. The fraction of sp³-hybridized carbons (Fsp3) is 0.258. The summed E-state index contributed by atoms with van der Waals surface area (Å²) >= 11 is 0. The fourth-order valence-corrected chi connectivity index (χ4v) is 5.44. The number of imidazole rings is 1. The molecule has 0 saturated carbocycles. The van der Waals surface area contributed by atoms with E-state index in [9.17, 15) is 9.50 Å².